The number of nitrogens with zero attached hydrogens (tertiary/aromatic N) is 5. The van der Waals surface area contributed by atoms with Crippen molar-refractivity contribution in [2.75, 3.05) is 18.9 Å². The van der Waals surface area contributed by atoms with Crippen molar-refractivity contribution < 1.29 is 9.90 Å². The van der Waals surface area contributed by atoms with Gasteiger partial charge in [-0.25, -0.2) is 9.48 Å². The second kappa shape index (κ2) is 6.20. The number of aromatic nitrogens is 3. The number of hydrogen-bond donors (Lipinski definition) is 2. The number of rotatable bonds is 2. The van der Waals surface area contributed by atoms with Crippen molar-refractivity contribution in [1.82, 2.24) is 19.9 Å². The van der Waals surface area contributed by atoms with Gasteiger partial charge in [0, 0.05) is 19.3 Å². The summed E-state index contributed by atoms with van der Waals surface area (Å²) in [5, 5.41) is 21.9. The number of anilines is 1. The number of likely N-dealkylation sites (tertiary alicyclic amines) is 1. The fourth-order valence-corrected chi connectivity index (χ4v) is 5.02. The predicted octanol–water partition coefficient (Wildman–Crippen LogP) is 3.61. The summed E-state index contributed by atoms with van der Waals surface area (Å²) in [5.74, 6) is 1.00. The van der Waals surface area contributed by atoms with E-state index in [1.807, 2.05) is 19.2 Å². The maximum absolute atomic E-state index is 11.4. The first kappa shape index (κ1) is 17.5. The second-order valence-electron chi connectivity index (χ2n) is 7.70. The van der Waals surface area contributed by atoms with Gasteiger partial charge in [0.25, 0.3) is 0 Å². The zero-order valence-electron chi connectivity index (χ0n) is 15.5. The summed E-state index contributed by atoms with van der Waals surface area (Å²) in [6.07, 6.45) is 5.78. The van der Waals surface area contributed by atoms with Gasteiger partial charge in [0.1, 0.15) is 11.5 Å². The maximum Gasteiger partial charge on any atom is 0.407 e. The Morgan fingerprint density at radius 3 is 2.89 bits per heavy atom. The maximum atomic E-state index is 11.4. The summed E-state index contributed by atoms with van der Waals surface area (Å²) in [7, 11) is 1.82. The molecule has 1 saturated heterocycles. The lowest BCUT2D eigenvalue weighted by Crippen LogP contribution is -2.41. The summed E-state index contributed by atoms with van der Waals surface area (Å²) < 4.78 is 1.63. The molecule has 2 N–H and O–H groups in total. The predicted molar refractivity (Wildman–Crippen MR) is 106 cm³/mol. The lowest BCUT2D eigenvalue weighted by molar-refractivity contribution is 0.139. The summed E-state index contributed by atoms with van der Waals surface area (Å²) >= 11 is 6.63. The molecule has 146 valence electrons. The van der Waals surface area contributed by atoms with E-state index in [1.54, 1.807) is 10.9 Å². The first-order valence-corrected chi connectivity index (χ1v) is 9.92. The number of halogens is 1. The third kappa shape index (κ3) is 2.37. The quantitative estimate of drug-likeness (QED) is 0.802. The Hall–Kier alpha value is -2.61. The molecule has 1 aromatic heterocycles. The molecule has 0 unspecified atom stereocenters. The molecule has 8 nitrogen and oxygen atoms in total. The SMILES string of the molecule is CN=C1Nc2cc(-n3cc([C@@H]4CCCN4C(=O)O)nn3)c(Cl)cc2C12CCC2. The van der Waals surface area contributed by atoms with E-state index in [0.717, 1.165) is 42.9 Å². The number of nitrogens with one attached hydrogen (secondary N) is 1. The van der Waals surface area contributed by atoms with Gasteiger partial charge in [-0.3, -0.25) is 9.89 Å². The molecule has 2 aromatic rings. The van der Waals surface area contributed by atoms with Crippen LogP contribution in [-0.4, -0.2) is 50.5 Å². The summed E-state index contributed by atoms with van der Waals surface area (Å²) in [6.45, 7) is 0.525. The van der Waals surface area contributed by atoms with Gasteiger partial charge >= 0.3 is 6.09 Å². The Balaban J connectivity index is 1.51. The number of carboxylic acid groups (broad SMARTS) is 1. The highest BCUT2D eigenvalue weighted by Crippen LogP contribution is 2.52. The van der Waals surface area contributed by atoms with Crippen LogP contribution in [0.5, 0.6) is 0 Å². The summed E-state index contributed by atoms with van der Waals surface area (Å²) in [4.78, 5) is 17.3. The Labute approximate surface area is 167 Å². The first-order chi connectivity index (χ1) is 13.5. The van der Waals surface area contributed by atoms with E-state index in [0.29, 0.717) is 17.3 Å². The van der Waals surface area contributed by atoms with Crippen LogP contribution in [0.15, 0.2) is 23.3 Å². The number of aliphatic imine (C=N–C) groups is 1. The lowest BCUT2D eigenvalue weighted by Gasteiger charge is -2.38. The van der Waals surface area contributed by atoms with E-state index in [1.165, 1.54) is 16.9 Å². The fourth-order valence-electron chi connectivity index (χ4n) is 4.77. The summed E-state index contributed by atoms with van der Waals surface area (Å²) in [5.41, 5.74) is 3.55. The molecule has 28 heavy (non-hydrogen) atoms. The first-order valence-electron chi connectivity index (χ1n) is 9.54. The average molecular weight is 401 g/mol. The fraction of sp³-hybridized carbons (Fsp3) is 0.474. The van der Waals surface area contributed by atoms with Crippen LogP contribution in [0, 0.1) is 0 Å². The topological polar surface area (TPSA) is 95.6 Å². The van der Waals surface area contributed by atoms with Gasteiger partial charge in [-0.05, 0) is 43.4 Å². The van der Waals surface area contributed by atoms with Crippen LogP contribution in [0.1, 0.15) is 49.4 Å². The van der Waals surface area contributed by atoms with Crippen LogP contribution in [0.4, 0.5) is 10.5 Å². The molecule has 1 aliphatic carbocycles. The minimum atomic E-state index is -0.922. The summed E-state index contributed by atoms with van der Waals surface area (Å²) in [6, 6.07) is 3.74. The van der Waals surface area contributed by atoms with Crippen LogP contribution in [0.25, 0.3) is 5.69 Å². The van der Waals surface area contributed by atoms with Gasteiger partial charge in [0.2, 0.25) is 0 Å². The zero-order valence-corrected chi connectivity index (χ0v) is 16.3. The standard InChI is InChI=1S/C19H21ClN6O2/c1-21-17-19(5-3-6-19)11-8-12(20)16(9-13(11)22-17)26-10-14(23-24-26)15-4-2-7-25(15)18(27)28/h8-10,15H,2-7H2,1H3,(H,21,22)(H,27,28)/t15-/m0/s1. The van der Waals surface area contributed by atoms with Crippen molar-refractivity contribution in [3.8, 4) is 5.69 Å². The molecule has 5 rings (SSSR count). The number of fused-ring (bicyclic) bond motifs is 2. The zero-order chi connectivity index (χ0) is 19.5. The minimum absolute atomic E-state index is 0.0222. The molecule has 1 amide bonds. The highest BCUT2D eigenvalue weighted by molar-refractivity contribution is 6.33. The molecular formula is C19H21ClN6O2. The van der Waals surface area contributed by atoms with Crippen molar-refractivity contribution in [2.45, 2.75) is 43.6 Å². The van der Waals surface area contributed by atoms with Gasteiger partial charge < -0.3 is 10.4 Å². The second-order valence-corrected chi connectivity index (χ2v) is 8.11. The van der Waals surface area contributed by atoms with E-state index in [2.05, 4.69) is 20.6 Å². The Morgan fingerprint density at radius 1 is 1.39 bits per heavy atom. The molecule has 9 heteroatoms. The molecule has 0 radical (unpaired) electrons. The molecule has 1 aromatic carbocycles. The molecule has 0 bridgehead atoms. The van der Waals surface area contributed by atoms with Crippen molar-refractivity contribution in [3.63, 3.8) is 0 Å². The third-order valence-corrected chi connectivity index (χ3v) is 6.64. The number of amides is 1. The number of amidine groups is 1. The van der Waals surface area contributed by atoms with E-state index in [9.17, 15) is 9.90 Å². The van der Waals surface area contributed by atoms with Crippen LogP contribution >= 0.6 is 11.6 Å². The van der Waals surface area contributed by atoms with Crippen LogP contribution in [-0.2, 0) is 5.41 Å². The monoisotopic (exact) mass is 400 g/mol. The van der Waals surface area contributed by atoms with E-state index in [-0.39, 0.29) is 11.5 Å². The normalized spacial score (nSPS) is 23.7. The van der Waals surface area contributed by atoms with Gasteiger partial charge in [-0.15, -0.1) is 5.10 Å². The Kier molecular flexibility index (Phi) is 3.87. The molecule has 2 aliphatic heterocycles. The highest BCUT2D eigenvalue weighted by atomic mass is 35.5. The molecule has 3 heterocycles. The van der Waals surface area contributed by atoms with E-state index >= 15 is 0 Å². The molecule has 1 spiro atoms. The molecule has 3 aliphatic rings. The third-order valence-electron chi connectivity index (χ3n) is 6.34. The number of hydrogen-bond acceptors (Lipinski definition) is 4. The molecular weight excluding hydrogens is 380 g/mol. The lowest BCUT2D eigenvalue weighted by atomic mass is 9.65. The van der Waals surface area contributed by atoms with E-state index in [4.69, 9.17) is 11.6 Å². The minimum Gasteiger partial charge on any atom is -0.465 e. The van der Waals surface area contributed by atoms with Gasteiger partial charge in [-0.1, -0.05) is 23.2 Å². The number of carbonyl (C=O) groups is 1. The Morgan fingerprint density at radius 2 is 2.21 bits per heavy atom. The van der Waals surface area contributed by atoms with Gasteiger partial charge in [0.15, 0.2) is 0 Å². The average Bonchev–Trinajstić information content (AvgIpc) is 3.35. The Bertz CT molecular complexity index is 996. The van der Waals surface area contributed by atoms with Crippen molar-refractivity contribution in [2.24, 2.45) is 4.99 Å². The van der Waals surface area contributed by atoms with Crippen LogP contribution in [0.2, 0.25) is 5.02 Å². The van der Waals surface area contributed by atoms with Crippen LogP contribution < -0.4 is 5.32 Å². The van der Waals surface area contributed by atoms with Crippen molar-refractivity contribution in [3.05, 3.63) is 34.6 Å². The molecule has 1 saturated carbocycles. The molecule has 1 atom stereocenters. The van der Waals surface area contributed by atoms with Crippen LogP contribution in [0.3, 0.4) is 0 Å². The van der Waals surface area contributed by atoms with Gasteiger partial charge in [0.05, 0.1) is 28.4 Å². The van der Waals surface area contributed by atoms with Gasteiger partial charge in [-0.2, -0.15) is 0 Å². The van der Waals surface area contributed by atoms with Crippen molar-refractivity contribution >= 4 is 29.2 Å². The van der Waals surface area contributed by atoms with E-state index < -0.39 is 6.09 Å². The smallest absolute Gasteiger partial charge is 0.407 e. The van der Waals surface area contributed by atoms with Crippen molar-refractivity contribution in [1.29, 1.82) is 0 Å². The highest BCUT2D eigenvalue weighted by Gasteiger charge is 2.49. The molecule has 2 fully saturated rings. The number of benzene rings is 1. The largest absolute Gasteiger partial charge is 0.465 e.